The molecule has 0 unspecified atom stereocenters. The van der Waals surface area contributed by atoms with Crippen molar-refractivity contribution in [2.45, 2.75) is 6.61 Å². The number of hydrogen-bond donors (Lipinski definition) is 0. The molecule has 0 fully saturated rings. The highest BCUT2D eigenvalue weighted by Gasteiger charge is 2.09. The van der Waals surface area contributed by atoms with Crippen LogP contribution in [0.25, 0.3) is 0 Å². The first-order valence-electron chi connectivity index (χ1n) is 5.41. The molecule has 0 atom stereocenters. The van der Waals surface area contributed by atoms with Crippen LogP contribution in [-0.4, -0.2) is 6.29 Å². The van der Waals surface area contributed by atoms with Crippen molar-refractivity contribution in [3.05, 3.63) is 62.0 Å². The summed E-state index contributed by atoms with van der Waals surface area (Å²) >= 11 is 15.4. The van der Waals surface area contributed by atoms with Gasteiger partial charge in [0.15, 0.2) is 5.75 Å². The highest BCUT2D eigenvalue weighted by Crippen LogP contribution is 2.34. The number of halogens is 3. The van der Waals surface area contributed by atoms with Gasteiger partial charge in [0.25, 0.3) is 0 Å². The number of aldehydes is 1. The molecule has 0 saturated carbocycles. The molecule has 0 saturated heterocycles. The van der Waals surface area contributed by atoms with Gasteiger partial charge in [-0.1, -0.05) is 51.3 Å². The van der Waals surface area contributed by atoms with E-state index >= 15 is 0 Å². The molecule has 2 aromatic carbocycles. The molecule has 0 heterocycles. The lowest BCUT2D eigenvalue weighted by molar-refractivity contribution is 0.112. The SMILES string of the molecule is O=Cc1cc(Cl)c(OCc2ccc(Br)cc2)c(Cl)c1. The van der Waals surface area contributed by atoms with Crippen molar-refractivity contribution in [1.82, 2.24) is 0 Å². The number of hydrogen-bond acceptors (Lipinski definition) is 2. The second-order valence-corrected chi connectivity index (χ2v) is 5.58. The van der Waals surface area contributed by atoms with Gasteiger partial charge in [0.1, 0.15) is 12.9 Å². The lowest BCUT2D eigenvalue weighted by Gasteiger charge is -2.10. The third-order valence-electron chi connectivity index (χ3n) is 2.45. The van der Waals surface area contributed by atoms with Crippen LogP contribution in [0.5, 0.6) is 5.75 Å². The number of benzene rings is 2. The van der Waals surface area contributed by atoms with Crippen LogP contribution in [0.2, 0.25) is 10.0 Å². The van der Waals surface area contributed by atoms with Gasteiger partial charge in [-0.05, 0) is 29.8 Å². The van der Waals surface area contributed by atoms with Gasteiger partial charge in [-0.15, -0.1) is 0 Å². The first-order valence-corrected chi connectivity index (χ1v) is 6.96. The quantitative estimate of drug-likeness (QED) is 0.706. The molecule has 5 heteroatoms. The summed E-state index contributed by atoms with van der Waals surface area (Å²) in [7, 11) is 0. The maximum atomic E-state index is 10.7. The second-order valence-electron chi connectivity index (χ2n) is 3.85. The third kappa shape index (κ3) is 3.72. The van der Waals surface area contributed by atoms with Gasteiger partial charge >= 0.3 is 0 Å². The second kappa shape index (κ2) is 6.42. The van der Waals surface area contributed by atoms with E-state index < -0.39 is 0 Å². The Bertz CT molecular complexity index is 574. The van der Waals surface area contributed by atoms with Crippen LogP contribution in [0, 0.1) is 0 Å². The van der Waals surface area contributed by atoms with E-state index in [1.54, 1.807) is 0 Å². The molecule has 0 aromatic heterocycles. The van der Waals surface area contributed by atoms with Gasteiger partial charge in [-0.25, -0.2) is 0 Å². The van der Waals surface area contributed by atoms with Crippen LogP contribution in [0.1, 0.15) is 15.9 Å². The minimum atomic E-state index is 0.326. The molecule has 0 aliphatic rings. The van der Waals surface area contributed by atoms with E-state index in [-0.39, 0.29) is 0 Å². The van der Waals surface area contributed by atoms with Gasteiger partial charge in [-0.3, -0.25) is 4.79 Å². The van der Waals surface area contributed by atoms with E-state index in [2.05, 4.69) is 15.9 Å². The zero-order chi connectivity index (χ0) is 13.8. The molecule has 0 spiro atoms. The number of ether oxygens (including phenoxy) is 1. The molecular weight excluding hydrogens is 351 g/mol. The fourth-order valence-electron chi connectivity index (χ4n) is 1.52. The van der Waals surface area contributed by atoms with E-state index in [1.807, 2.05) is 24.3 Å². The maximum Gasteiger partial charge on any atom is 0.157 e. The average Bonchev–Trinajstić information content (AvgIpc) is 2.39. The van der Waals surface area contributed by atoms with Crippen molar-refractivity contribution >= 4 is 45.4 Å². The number of rotatable bonds is 4. The minimum Gasteiger partial charge on any atom is -0.486 e. The molecule has 98 valence electrons. The molecule has 0 amide bonds. The number of carbonyl (C=O) groups is 1. The maximum absolute atomic E-state index is 10.7. The van der Waals surface area contributed by atoms with Crippen molar-refractivity contribution in [3.63, 3.8) is 0 Å². The van der Waals surface area contributed by atoms with Crippen molar-refractivity contribution in [2.24, 2.45) is 0 Å². The first kappa shape index (κ1) is 14.4. The Morgan fingerprint density at radius 1 is 1.11 bits per heavy atom. The summed E-state index contributed by atoms with van der Waals surface area (Å²) in [6.07, 6.45) is 0.691. The Balaban J connectivity index is 2.15. The molecule has 19 heavy (non-hydrogen) atoms. The predicted octanol–water partition coefficient (Wildman–Crippen LogP) is 5.15. The van der Waals surface area contributed by atoms with Gasteiger partial charge in [0, 0.05) is 10.0 Å². The van der Waals surface area contributed by atoms with Gasteiger partial charge in [0.2, 0.25) is 0 Å². The molecule has 0 N–H and O–H groups in total. The zero-order valence-electron chi connectivity index (χ0n) is 9.70. The highest BCUT2D eigenvalue weighted by atomic mass is 79.9. The highest BCUT2D eigenvalue weighted by molar-refractivity contribution is 9.10. The fourth-order valence-corrected chi connectivity index (χ4v) is 2.40. The summed E-state index contributed by atoms with van der Waals surface area (Å²) < 4.78 is 6.60. The van der Waals surface area contributed by atoms with Crippen LogP contribution in [-0.2, 0) is 6.61 Å². The van der Waals surface area contributed by atoms with Crippen molar-refractivity contribution in [1.29, 1.82) is 0 Å². The van der Waals surface area contributed by atoms with E-state index in [0.29, 0.717) is 34.3 Å². The van der Waals surface area contributed by atoms with Crippen LogP contribution >= 0.6 is 39.1 Å². The normalized spacial score (nSPS) is 10.3. The Labute approximate surface area is 129 Å². The first-order chi connectivity index (χ1) is 9.10. The molecule has 0 radical (unpaired) electrons. The summed E-state index contributed by atoms with van der Waals surface area (Å²) in [5.41, 5.74) is 1.42. The summed E-state index contributed by atoms with van der Waals surface area (Å²) in [5.74, 6) is 0.386. The van der Waals surface area contributed by atoms with Crippen LogP contribution in [0.4, 0.5) is 0 Å². The minimum absolute atomic E-state index is 0.326. The van der Waals surface area contributed by atoms with Crippen molar-refractivity contribution in [3.8, 4) is 5.75 Å². The fraction of sp³-hybridized carbons (Fsp3) is 0.0714. The van der Waals surface area contributed by atoms with E-state index in [1.165, 1.54) is 12.1 Å². The Morgan fingerprint density at radius 2 is 1.68 bits per heavy atom. The lowest BCUT2D eigenvalue weighted by Crippen LogP contribution is -1.97. The van der Waals surface area contributed by atoms with Gasteiger partial charge in [-0.2, -0.15) is 0 Å². The largest absolute Gasteiger partial charge is 0.486 e. The molecule has 0 aliphatic carbocycles. The summed E-state index contributed by atoms with van der Waals surface area (Å²) in [4.78, 5) is 10.7. The predicted molar refractivity (Wildman–Crippen MR) is 80.3 cm³/mol. The molecule has 2 aromatic rings. The smallest absolute Gasteiger partial charge is 0.157 e. The zero-order valence-corrected chi connectivity index (χ0v) is 12.8. The molecule has 2 nitrogen and oxygen atoms in total. The van der Waals surface area contributed by atoms with Crippen LogP contribution < -0.4 is 4.74 Å². The van der Waals surface area contributed by atoms with Crippen LogP contribution in [0.3, 0.4) is 0 Å². The summed E-state index contributed by atoms with van der Waals surface area (Å²) in [5, 5.41) is 0.651. The Morgan fingerprint density at radius 3 is 2.21 bits per heavy atom. The topological polar surface area (TPSA) is 26.3 Å². The van der Waals surface area contributed by atoms with Crippen molar-refractivity contribution in [2.75, 3.05) is 0 Å². The van der Waals surface area contributed by atoms with E-state index in [9.17, 15) is 4.79 Å². The van der Waals surface area contributed by atoms with Crippen molar-refractivity contribution < 1.29 is 9.53 Å². The van der Waals surface area contributed by atoms with E-state index in [4.69, 9.17) is 27.9 Å². The summed E-state index contributed by atoms with van der Waals surface area (Å²) in [6, 6.07) is 10.8. The average molecular weight is 360 g/mol. The lowest BCUT2D eigenvalue weighted by atomic mass is 10.2. The van der Waals surface area contributed by atoms with Gasteiger partial charge in [0.05, 0.1) is 10.0 Å². The third-order valence-corrected chi connectivity index (χ3v) is 3.54. The monoisotopic (exact) mass is 358 g/mol. The Kier molecular flexibility index (Phi) is 4.86. The molecule has 2 rings (SSSR count). The molecular formula is C14H9BrCl2O2. The standard InChI is InChI=1S/C14H9BrCl2O2/c15-11-3-1-9(2-4-11)8-19-14-12(16)5-10(7-18)6-13(14)17/h1-7H,8H2. The van der Waals surface area contributed by atoms with E-state index in [0.717, 1.165) is 10.0 Å². The number of carbonyl (C=O) groups excluding carboxylic acids is 1. The van der Waals surface area contributed by atoms with Crippen LogP contribution in [0.15, 0.2) is 40.9 Å². The molecule has 0 aliphatic heterocycles. The summed E-state index contributed by atoms with van der Waals surface area (Å²) in [6.45, 7) is 0.354. The van der Waals surface area contributed by atoms with Gasteiger partial charge < -0.3 is 4.74 Å². The Hall–Kier alpha value is -1.03. The molecule has 0 bridgehead atoms.